The van der Waals surface area contributed by atoms with Crippen LogP contribution in [-0.2, 0) is 4.79 Å². The summed E-state index contributed by atoms with van der Waals surface area (Å²) in [6.45, 7) is 0.939. The van der Waals surface area contributed by atoms with E-state index in [1.165, 1.54) is 0 Å². The maximum absolute atomic E-state index is 12.6. The summed E-state index contributed by atoms with van der Waals surface area (Å²) in [5.74, 6) is 1.82. The number of benzene rings is 2. The molecule has 7 heteroatoms. The van der Waals surface area contributed by atoms with Gasteiger partial charge in [0.2, 0.25) is 6.41 Å². The van der Waals surface area contributed by atoms with Crippen LogP contribution in [0.3, 0.4) is 0 Å². The summed E-state index contributed by atoms with van der Waals surface area (Å²) in [6, 6.07) is 15.0. The van der Waals surface area contributed by atoms with E-state index in [1.807, 2.05) is 6.07 Å². The minimum Gasteiger partial charge on any atom is -0.486 e. The van der Waals surface area contributed by atoms with Crippen LogP contribution in [0.25, 0.3) is 11.3 Å². The molecule has 1 aliphatic rings. The van der Waals surface area contributed by atoms with Crippen molar-refractivity contribution in [1.82, 2.24) is 0 Å². The number of carbonyl (C=O) groups is 2. The van der Waals surface area contributed by atoms with E-state index in [0.717, 1.165) is 10.5 Å². The third-order valence-corrected chi connectivity index (χ3v) is 4.05. The Morgan fingerprint density at radius 1 is 1.00 bits per heavy atom. The molecular formula is C20H16N2O5. The molecule has 0 radical (unpaired) electrons. The van der Waals surface area contributed by atoms with Gasteiger partial charge in [-0.2, -0.15) is 0 Å². The molecule has 0 bridgehead atoms. The SMILES string of the molecule is O=CN(C(=O)Nc1ccc2c(c1)OCCO2)c1cccc(-c2ccco2)c1. The zero-order valence-corrected chi connectivity index (χ0v) is 14.3. The predicted molar refractivity (Wildman–Crippen MR) is 99.1 cm³/mol. The van der Waals surface area contributed by atoms with Crippen LogP contribution in [-0.4, -0.2) is 25.7 Å². The van der Waals surface area contributed by atoms with Crippen molar-refractivity contribution >= 4 is 23.8 Å². The molecule has 0 spiro atoms. The van der Waals surface area contributed by atoms with E-state index in [2.05, 4.69) is 5.32 Å². The number of nitrogens with one attached hydrogen (secondary N) is 1. The molecule has 2 aromatic carbocycles. The van der Waals surface area contributed by atoms with Crippen molar-refractivity contribution in [1.29, 1.82) is 0 Å². The number of amides is 3. The van der Waals surface area contributed by atoms with E-state index in [0.29, 0.717) is 48.3 Å². The van der Waals surface area contributed by atoms with E-state index in [1.54, 1.807) is 54.8 Å². The van der Waals surface area contributed by atoms with Crippen LogP contribution < -0.4 is 19.7 Å². The number of hydrogen-bond acceptors (Lipinski definition) is 5. The van der Waals surface area contributed by atoms with Gasteiger partial charge in [-0.1, -0.05) is 12.1 Å². The van der Waals surface area contributed by atoms with Gasteiger partial charge >= 0.3 is 6.03 Å². The fraction of sp³-hybridized carbons (Fsp3) is 0.100. The van der Waals surface area contributed by atoms with Crippen LogP contribution in [0.5, 0.6) is 11.5 Å². The Bertz CT molecular complexity index is 968. The van der Waals surface area contributed by atoms with Crippen LogP contribution >= 0.6 is 0 Å². The first kappa shape index (κ1) is 16.7. The number of rotatable bonds is 4. The zero-order chi connectivity index (χ0) is 18.6. The topological polar surface area (TPSA) is 81.0 Å². The van der Waals surface area contributed by atoms with Gasteiger partial charge in [0.15, 0.2) is 11.5 Å². The summed E-state index contributed by atoms with van der Waals surface area (Å²) in [6.07, 6.45) is 2.03. The molecule has 3 aromatic rings. The first-order valence-corrected chi connectivity index (χ1v) is 8.34. The molecule has 0 saturated heterocycles. The monoisotopic (exact) mass is 364 g/mol. The average molecular weight is 364 g/mol. The number of imide groups is 1. The number of fused-ring (bicyclic) bond motifs is 1. The fourth-order valence-electron chi connectivity index (χ4n) is 2.78. The molecule has 0 fully saturated rings. The Balaban J connectivity index is 1.55. The Morgan fingerprint density at radius 2 is 1.85 bits per heavy atom. The second kappa shape index (κ2) is 7.25. The van der Waals surface area contributed by atoms with Crippen LogP contribution in [0.2, 0.25) is 0 Å². The molecule has 136 valence electrons. The Labute approximate surface area is 155 Å². The van der Waals surface area contributed by atoms with Crippen molar-refractivity contribution in [2.45, 2.75) is 0 Å². The van der Waals surface area contributed by atoms with Crippen molar-refractivity contribution in [2.24, 2.45) is 0 Å². The molecular weight excluding hydrogens is 348 g/mol. The van der Waals surface area contributed by atoms with Crippen LogP contribution in [0.1, 0.15) is 0 Å². The lowest BCUT2D eigenvalue weighted by atomic mass is 10.1. The molecule has 27 heavy (non-hydrogen) atoms. The number of furan rings is 1. The summed E-state index contributed by atoms with van der Waals surface area (Å²) < 4.78 is 16.3. The van der Waals surface area contributed by atoms with Gasteiger partial charge in [-0.25, -0.2) is 9.69 Å². The van der Waals surface area contributed by atoms with E-state index < -0.39 is 6.03 Å². The molecule has 1 aliphatic heterocycles. The number of urea groups is 1. The highest BCUT2D eigenvalue weighted by atomic mass is 16.6. The van der Waals surface area contributed by atoms with E-state index >= 15 is 0 Å². The van der Waals surface area contributed by atoms with E-state index in [4.69, 9.17) is 13.9 Å². The maximum Gasteiger partial charge on any atom is 0.332 e. The lowest BCUT2D eigenvalue weighted by molar-refractivity contribution is -0.106. The lowest BCUT2D eigenvalue weighted by Gasteiger charge is -2.20. The summed E-state index contributed by atoms with van der Waals surface area (Å²) in [4.78, 5) is 25.2. The summed E-state index contributed by atoms with van der Waals surface area (Å²) in [5.41, 5.74) is 1.68. The standard InChI is InChI=1S/C20H16N2O5/c23-13-22(16-4-1-3-14(11-16)17-5-2-8-25-17)20(24)21-15-6-7-18-19(12-15)27-10-9-26-18/h1-8,11-13H,9-10H2,(H,21,24). The number of nitrogens with zero attached hydrogens (tertiary/aromatic N) is 1. The molecule has 7 nitrogen and oxygen atoms in total. The fourth-order valence-corrected chi connectivity index (χ4v) is 2.78. The number of carbonyl (C=O) groups excluding carboxylic acids is 2. The summed E-state index contributed by atoms with van der Waals surface area (Å²) >= 11 is 0. The van der Waals surface area contributed by atoms with Crippen LogP contribution in [0, 0.1) is 0 Å². The van der Waals surface area contributed by atoms with Gasteiger partial charge in [0, 0.05) is 17.3 Å². The van der Waals surface area contributed by atoms with Gasteiger partial charge in [0.1, 0.15) is 19.0 Å². The molecule has 1 aromatic heterocycles. The van der Waals surface area contributed by atoms with Crippen molar-refractivity contribution in [2.75, 3.05) is 23.4 Å². The summed E-state index contributed by atoms with van der Waals surface area (Å²) in [7, 11) is 0. The first-order chi connectivity index (χ1) is 13.2. The zero-order valence-electron chi connectivity index (χ0n) is 14.3. The van der Waals surface area contributed by atoms with E-state index in [-0.39, 0.29) is 0 Å². The highest BCUT2D eigenvalue weighted by molar-refractivity contribution is 6.12. The van der Waals surface area contributed by atoms with Gasteiger partial charge < -0.3 is 19.2 Å². The minimum atomic E-state index is -0.585. The molecule has 0 unspecified atom stereocenters. The Kier molecular flexibility index (Phi) is 4.49. The lowest BCUT2D eigenvalue weighted by Crippen LogP contribution is -2.33. The second-order valence-electron chi connectivity index (χ2n) is 5.79. The highest BCUT2D eigenvalue weighted by Gasteiger charge is 2.18. The molecule has 0 saturated carbocycles. The average Bonchev–Trinajstić information content (AvgIpc) is 3.24. The van der Waals surface area contributed by atoms with Crippen molar-refractivity contribution < 1.29 is 23.5 Å². The molecule has 0 atom stereocenters. The smallest absolute Gasteiger partial charge is 0.332 e. The van der Waals surface area contributed by atoms with Crippen molar-refractivity contribution in [3.8, 4) is 22.8 Å². The highest BCUT2D eigenvalue weighted by Crippen LogP contribution is 2.33. The number of anilines is 2. The predicted octanol–water partition coefficient (Wildman–Crippen LogP) is 3.91. The molecule has 1 N–H and O–H groups in total. The largest absolute Gasteiger partial charge is 0.486 e. The minimum absolute atomic E-state index is 0.425. The van der Waals surface area contributed by atoms with Gasteiger partial charge in [-0.3, -0.25) is 4.79 Å². The quantitative estimate of drug-likeness (QED) is 0.710. The van der Waals surface area contributed by atoms with Crippen molar-refractivity contribution in [3.05, 3.63) is 60.9 Å². The maximum atomic E-state index is 12.6. The van der Waals surface area contributed by atoms with Crippen LogP contribution in [0.4, 0.5) is 16.2 Å². The molecule has 4 rings (SSSR count). The Hall–Kier alpha value is -3.74. The molecule has 2 heterocycles. The van der Waals surface area contributed by atoms with E-state index in [9.17, 15) is 9.59 Å². The van der Waals surface area contributed by atoms with Gasteiger partial charge in [0.25, 0.3) is 0 Å². The third-order valence-electron chi connectivity index (χ3n) is 4.05. The van der Waals surface area contributed by atoms with Crippen molar-refractivity contribution in [3.63, 3.8) is 0 Å². The molecule has 3 amide bonds. The van der Waals surface area contributed by atoms with Gasteiger partial charge in [0.05, 0.1) is 12.0 Å². The normalized spacial score (nSPS) is 12.3. The number of hydrogen-bond donors (Lipinski definition) is 1. The van der Waals surface area contributed by atoms with Crippen LogP contribution in [0.15, 0.2) is 65.3 Å². The van der Waals surface area contributed by atoms with Gasteiger partial charge in [-0.05, 0) is 36.4 Å². The third kappa shape index (κ3) is 3.48. The second-order valence-corrected chi connectivity index (χ2v) is 5.79. The number of ether oxygens (including phenoxy) is 2. The van der Waals surface area contributed by atoms with Gasteiger partial charge in [-0.15, -0.1) is 0 Å². The first-order valence-electron chi connectivity index (χ1n) is 8.34. The summed E-state index contributed by atoms with van der Waals surface area (Å²) in [5, 5.41) is 2.69. The molecule has 0 aliphatic carbocycles. The Morgan fingerprint density at radius 3 is 2.63 bits per heavy atom.